The molecule has 3 nitrogen and oxygen atoms in total. The maximum Gasteiger partial charge on any atom is 0.225 e. The molecule has 0 radical (unpaired) electrons. The average molecular weight is 240 g/mol. The van der Waals surface area contributed by atoms with Crippen molar-refractivity contribution in [2.24, 2.45) is 0 Å². The Labute approximate surface area is 100 Å². The summed E-state index contributed by atoms with van der Waals surface area (Å²) in [6.45, 7) is 3.97. The number of alkyl halides is 1. The number of benzene rings is 1. The number of carbonyl (C=O) groups is 1. The maximum atomic E-state index is 11.4. The quantitative estimate of drug-likeness (QED) is 0.612. The van der Waals surface area contributed by atoms with Crippen LogP contribution >= 0.6 is 11.6 Å². The molecule has 1 N–H and O–H groups in total. The number of para-hydroxylation sites is 2. The van der Waals surface area contributed by atoms with Crippen molar-refractivity contribution in [3.8, 4) is 5.75 Å². The summed E-state index contributed by atoms with van der Waals surface area (Å²) in [7, 11) is 0. The molecule has 1 rings (SSSR count). The van der Waals surface area contributed by atoms with Crippen molar-refractivity contribution in [3.05, 3.63) is 36.9 Å². The minimum Gasteiger partial charge on any atom is -0.487 e. The molecule has 1 aromatic carbocycles. The summed E-state index contributed by atoms with van der Waals surface area (Å²) in [5, 5.41) is 2.74. The van der Waals surface area contributed by atoms with E-state index in [-0.39, 0.29) is 12.3 Å². The van der Waals surface area contributed by atoms with Crippen molar-refractivity contribution in [2.45, 2.75) is 6.42 Å². The second-order valence-corrected chi connectivity index (χ2v) is 3.46. The zero-order chi connectivity index (χ0) is 11.8. The summed E-state index contributed by atoms with van der Waals surface area (Å²) in [4.78, 5) is 11.4. The molecule has 86 valence electrons. The van der Waals surface area contributed by atoms with Gasteiger partial charge in [-0.25, -0.2) is 0 Å². The van der Waals surface area contributed by atoms with Gasteiger partial charge in [-0.2, -0.15) is 0 Å². The minimum atomic E-state index is -0.121. The first-order chi connectivity index (χ1) is 7.77. The Kier molecular flexibility index (Phi) is 5.43. The summed E-state index contributed by atoms with van der Waals surface area (Å²) >= 11 is 5.48. The van der Waals surface area contributed by atoms with E-state index in [1.54, 1.807) is 18.2 Å². The molecule has 0 bridgehead atoms. The molecule has 0 saturated heterocycles. The molecule has 16 heavy (non-hydrogen) atoms. The SMILES string of the molecule is C=CCOc1ccccc1NC(=O)CCCl. The van der Waals surface area contributed by atoms with Crippen LogP contribution in [0.2, 0.25) is 0 Å². The van der Waals surface area contributed by atoms with E-state index >= 15 is 0 Å². The molecular formula is C12H14ClNO2. The summed E-state index contributed by atoms with van der Waals surface area (Å²) in [6, 6.07) is 7.25. The van der Waals surface area contributed by atoms with E-state index in [9.17, 15) is 4.79 Å². The Morgan fingerprint density at radius 2 is 2.25 bits per heavy atom. The first-order valence-electron chi connectivity index (χ1n) is 4.96. The zero-order valence-corrected chi connectivity index (χ0v) is 9.67. The molecule has 1 aromatic rings. The summed E-state index contributed by atoms with van der Waals surface area (Å²) < 4.78 is 5.40. The maximum absolute atomic E-state index is 11.4. The molecular weight excluding hydrogens is 226 g/mol. The third-order valence-electron chi connectivity index (χ3n) is 1.84. The van der Waals surface area contributed by atoms with Gasteiger partial charge in [0.1, 0.15) is 12.4 Å². The first-order valence-corrected chi connectivity index (χ1v) is 5.50. The van der Waals surface area contributed by atoms with Crippen molar-refractivity contribution >= 4 is 23.2 Å². The molecule has 0 aliphatic carbocycles. The van der Waals surface area contributed by atoms with Crippen LogP contribution in [0, 0.1) is 0 Å². The van der Waals surface area contributed by atoms with Gasteiger partial charge in [-0.3, -0.25) is 4.79 Å². The summed E-state index contributed by atoms with van der Waals surface area (Å²) in [5.41, 5.74) is 0.652. The number of nitrogens with one attached hydrogen (secondary N) is 1. The summed E-state index contributed by atoms with van der Waals surface area (Å²) in [5.74, 6) is 0.816. The number of ether oxygens (including phenoxy) is 1. The van der Waals surface area contributed by atoms with Crippen LogP contribution in [0.1, 0.15) is 6.42 Å². The number of hydrogen-bond acceptors (Lipinski definition) is 2. The van der Waals surface area contributed by atoms with E-state index < -0.39 is 0 Å². The monoisotopic (exact) mass is 239 g/mol. The minimum absolute atomic E-state index is 0.121. The van der Waals surface area contributed by atoms with Crippen LogP contribution in [0.3, 0.4) is 0 Å². The standard InChI is InChI=1S/C12H14ClNO2/c1-2-9-16-11-6-4-3-5-10(11)14-12(15)7-8-13/h2-6H,1,7-9H2,(H,14,15). The lowest BCUT2D eigenvalue weighted by molar-refractivity contribution is -0.115. The number of halogens is 1. The Bertz CT molecular complexity index is 366. The fraction of sp³-hybridized carbons (Fsp3) is 0.250. The molecule has 1 amide bonds. The fourth-order valence-electron chi connectivity index (χ4n) is 1.14. The van der Waals surface area contributed by atoms with Crippen LogP contribution in [-0.2, 0) is 4.79 Å². The molecule has 0 spiro atoms. The van der Waals surface area contributed by atoms with Gasteiger partial charge >= 0.3 is 0 Å². The fourth-order valence-corrected chi connectivity index (χ4v) is 1.31. The van der Waals surface area contributed by atoms with Crippen molar-refractivity contribution in [2.75, 3.05) is 17.8 Å². The number of anilines is 1. The number of hydrogen-bond donors (Lipinski definition) is 1. The van der Waals surface area contributed by atoms with Gasteiger partial charge in [-0.1, -0.05) is 24.8 Å². The lowest BCUT2D eigenvalue weighted by Gasteiger charge is -2.10. The lowest BCUT2D eigenvalue weighted by Crippen LogP contribution is -2.12. The average Bonchev–Trinajstić information content (AvgIpc) is 2.28. The van der Waals surface area contributed by atoms with Gasteiger partial charge in [0, 0.05) is 12.3 Å². The second kappa shape index (κ2) is 6.90. The molecule has 0 unspecified atom stereocenters. The predicted molar refractivity (Wildman–Crippen MR) is 66.1 cm³/mol. The predicted octanol–water partition coefficient (Wildman–Crippen LogP) is 2.82. The highest BCUT2D eigenvalue weighted by atomic mass is 35.5. The van der Waals surface area contributed by atoms with Crippen LogP contribution in [-0.4, -0.2) is 18.4 Å². The highest BCUT2D eigenvalue weighted by Gasteiger charge is 2.06. The Morgan fingerprint density at radius 1 is 1.50 bits per heavy atom. The zero-order valence-electron chi connectivity index (χ0n) is 8.91. The Balaban J connectivity index is 2.70. The number of amides is 1. The van der Waals surface area contributed by atoms with E-state index in [1.807, 2.05) is 12.1 Å². The van der Waals surface area contributed by atoms with Crippen molar-refractivity contribution in [1.29, 1.82) is 0 Å². The normalized spacial score (nSPS) is 9.56. The van der Waals surface area contributed by atoms with Crippen LogP contribution in [0.4, 0.5) is 5.69 Å². The molecule has 0 saturated carbocycles. The van der Waals surface area contributed by atoms with Gasteiger partial charge in [-0.15, -0.1) is 11.6 Å². The smallest absolute Gasteiger partial charge is 0.225 e. The number of carbonyl (C=O) groups excluding carboxylic acids is 1. The molecule has 0 aliphatic rings. The van der Waals surface area contributed by atoms with Crippen LogP contribution in [0.5, 0.6) is 5.75 Å². The van der Waals surface area contributed by atoms with E-state index in [4.69, 9.17) is 16.3 Å². The lowest BCUT2D eigenvalue weighted by atomic mass is 10.3. The number of rotatable bonds is 6. The third kappa shape index (κ3) is 3.95. The van der Waals surface area contributed by atoms with Gasteiger partial charge in [0.15, 0.2) is 0 Å². The highest BCUT2D eigenvalue weighted by Crippen LogP contribution is 2.23. The van der Waals surface area contributed by atoms with Gasteiger partial charge in [0.05, 0.1) is 5.69 Å². The van der Waals surface area contributed by atoms with E-state index in [0.717, 1.165) is 0 Å². The Morgan fingerprint density at radius 3 is 2.94 bits per heavy atom. The van der Waals surface area contributed by atoms with Gasteiger partial charge in [0.2, 0.25) is 5.91 Å². The molecule has 0 heterocycles. The summed E-state index contributed by atoms with van der Waals surface area (Å²) in [6.07, 6.45) is 1.94. The van der Waals surface area contributed by atoms with Gasteiger partial charge in [0.25, 0.3) is 0 Å². The molecule has 0 aliphatic heterocycles. The van der Waals surface area contributed by atoms with Gasteiger partial charge < -0.3 is 10.1 Å². The van der Waals surface area contributed by atoms with E-state index in [2.05, 4.69) is 11.9 Å². The van der Waals surface area contributed by atoms with Crippen LogP contribution < -0.4 is 10.1 Å². The highest BCUT2D eigenvalue weighted by molar-refractivity contribution is 6.19. The van der Waals surface area contributed by atoms with Crippen molar-refractivity contribution < 1.29 is 9.53 Å². The van der Waals surface area contributed by atoms with Gasteiger partial charge in [-0.05, 0) is 12.1 Å². The third-order valence-corrected chi connectivity index (χ3v) is 2.03. The van der Waals surface area contributed by atoms with Crippen molar-refractivity contribution in [3.63, 3.8) is 0 Å². The molecule has 4 heteroatoms. The molecule has 0 fully saturated rings. The van der Waals surface area contributed by atoms with E-state index in [0.29, 0.717) is 23.9 Å². The first kappa shape index (κ1) is 12.6. The van der Waals surface area contributed by atoms with E-state index in [1.165, 1.54) is 0 Å². The second-order valence-electron chi connectivity index (χ2n) is 3.08. The topological polar surface area (TPSA) is 38.3 Å². The van der Waals surface area contributed by atoms with Crippen LogP contribution in [0.25, 0.3) is 0 Å². The van der Waals surface area contributed by atoms with Crippen molar-refractivity contribution in [1.82, 2.24) is 0 Å². The largest absolute Gasteiger partial charge is 0.487 e. The Hall–Kier alpha value is -1.48. The molecule has 0 atom stereocenters. The molecule has 0 aromatic heterocycles. The van der Waals surface area contributed by atoms with Crippen LogP contribution in [0.15, 0.2) is 36.9 Å².